The number of aliphatic carboxylic acids is 1. The third-order valence-electron chi connectivity index (χ3n) is 2.97. The van der Waals surface area contributed by atoms with E-state index < -0.39 is 17.5 Å². The van der Waals surface area contributed by atoms with Gasteiger partial charge in [-0.3, -0.25) is 4.79 Å². The van der Waals surface area contributed by atoms with Crippen LogP contribution in [-0.4, -0.2) is 16.2 Å². The summed E-state index contributed by atoms with van der Waals surface area (Å²) >= 11 is 5.75. The molecule has 4 heteroatoms. The number of carbonyl (C=O) groups is 1. The van der Waals surface area contributed by atoms with Crippen molar-refractivity contribution in [2.24, 2.45) is 5.92 Å². The highest BCUT2D eigenvalue weighted by molar-refractivity contribution is 6.30. The highest BCUT2D eigenvalue weighted by Gasteiger charge is 2.38. The van der Waals surface area contributed by atoms with Gasteiger partial charge >= 0.3 is 5.97 Å². The van der Waals surface area contributed by atoms with Crippen molar-refractivity contribution in [1.82, 2.24) is 0 Å². The molecule has 2 atom stereocenters. The molecule has 0 heterocycles. The number of halogens is 1. The Hall–Kier alpha value is -1.06. The van der Waals surface area contributed by atoms with E-state index in [0.29, 0.717) is 17.0 Å². The highest BCUT2D eigenvalue weighted by atomic mass is 35.5. The predicted molar refractivity (Wildman–Crippen MR) is 62.4 cm³/mol. The molecule has 16 heavy (non-hydrogen) atoms. The van der Waals surface area contributed by atoms with Gasteiger partial charge in [-0.15, -0.1) is 0 Å². The van der Waals surface area contributed by atoms with E-state index in [-0.39, 0.29) is 0 Å². The van der Waals surface area contributed by atoms with Crippen LogP contribution in [0.1, 0.15) is 25.8 Å². The average molecular weight is 243 g/mol. The van der Waals surface area contributed by atoms with Crippen LogP contribution in [0.4, 0.5) is 0 Å². The molecule has 0 radical (unpaired) electrons. The minimum atomic E-state index is -1.35. The zero-order valence-corrected chi connectivity index (χ0v) is 10.0. The first-order valence-corrected chi connectivity index (χ1v) is 5.51. The van der Waals surface area contributed by atoms with Crippen LogP contribution in [0.15, 0.2) is 24.3 Å². The van der Waals surface area contributed by atoms with Crippen molar-refractivity contribution >= 4 is 17.6 Å². The zero-order valence-electron chi connectivity index (χ0n) is 9.27. The Kier molecular flexibility index (Phi) is 3.94. The van der Waals surface area contributed by atoms with Crippen molar-refractivity contribution < 1.29 is 15.0 Å². The van der Waals surface area contributed by atoms with Crippen LogP contribution < -0.4 is 0 Å². The molecule has 0 fully saturated rings. The minimum Gasteiger partial charge on any atom is -0.481 e. The summed E-state index contributed by atoms with van der Waals surface area (Å²) in [6, 6.07) is 6.61. The van der Waals surface area contributed by atoms with Crippen LogP contribution in [0.5, 0.6) is 0 Å². The molecule has 0 amide bonds. The van der Waals surface area contributed by atoms with Gasteiger partial charge in [-0.2, -0.15) is 0 Å². The van der Waals surface area contributed by atoms with E-state index in [1.165, 1.54) is 6.92 Å². The molecule has 0 saturated heterocycles. The molecule has 0 aliphatic carbocycles. The molecule has 1 aromatic rings. The van der Waals surface area contributed by atoms with Gasteiger partial charge in [0.1, 0.15) is 5.60 Å². The number of aliphatic hydroxyl groups is 1. The molecule has 1 rings (SSSR count). The summed E-state index contributed by atoms with van der Waals surface area (Å²) in [7, 11) is 0. The van der Waals surface area contributed by atoms with Gasteiger partial charge in [0, 0.05) is 5.02 Å². The van der Waals surface area contributed by atoms with Crippen LogP contribution in [0, 0.1) is 5.92 Å². The molecule has 1 aromatic carbocycles. The summed E-state index contributed by atoms with van der Waals surface area (Å²) < 4.78 is 0. The maximum absolute atomic E-state index is 11.0. The monoisotopic (exact) mass is 242 g/mol. The Morgan fingerprint density at radius 1 is 1.44 bits per heavy atom. The maximum atomic E-state index is 11.0. The molecule has 0 aliphatic heterocycles. The van der Waals surface area contributed by atoms with Gasteiger partial charge < -0.3 is 10.2 Å². The van der Waals surface area contributed by atoms with Crippen molar-refractivity contribution in [2.45, 2.75) is 25.9 Å². The fourth-order valence-electron chi connectivity index (χ4n) is 1.70. The Labute approximate surface area is 99.7 Å². The number of benzene rings is 1. The molecule has 2 N–H and O–H groups in total. The summed E-state index contributed by atoms with van der Waals surface area (Å²) in [5, 5.41) is 19.9. The Bertz CT molecular complexity index is 374. The molecule has 0 saturated carbocycles. The molecule has 88 valence electrons. The molecule has 0 aliphatic rings. The van der Waals surface area contributed by atoms with Crippen LogP contribution in [-0.2, 0) is 10.4 Å². The van der Waals surface area contributed by atoms with E-state index >= 15 is 0 Å². The van der Waals surface area contributed by atoms with E-state index in [4.69, 9.17) is 16.7 Å². The van der Waals surface area contributed by atoms with Gasteiger partial charge in [0.25, 0.3) is 0 Å². The van der Waals surface area contributed by atoms with E-state index in [9.17, 15) is 9.90 Å². The first-order chi connectivity index (χ1) is 7.41. The first kappa shape index (κ1) is 13.0. The van der Waals surface area contributed by atoms with E-state index in [0.717, 1.165) is 0 Å². The van der Waals surface area contributed by atoms with Gasteiger partial charge in [0.2, 0.25) is 0 Å². The van der Waals surface area contributed by atoms with Gasteiger partial charge in [-0.1, -0.05) is 30.7 Å². The van der Waals surface area contributed by atoms with Gasteiger partial charge in [-0.05, 0) is 31.0 Å². The summed E-state index contributed by atoms with van der Waals surface area (Å²) in [4.78, 5) is 11.0. The standard InChI is InChI=1S/C12H15ClO3/c1-3-12(16,8(2)11(14)15)9-4-6-10(13)7-5-9/h4-8,16H,3H2,1-2H3,(H,14,15). The van der Waals surface area contributed by atoms with Gasteiger partial charge in [0.15, 0.2) is 0 Å². The second-order valence-corrected chi connectivity index (χ2v) is 4.28. The van der Waals surface area contributed by atoms with Gasteiger partial charge in [0.05, 0.1) is 5.92 Å². The number of hydrogen-bond acceptors (Lipinski definition) is 2. The number of carboxylic acid groups (broad SMARTS) is 1. The highest BCUT2D eigenvalue weighted by Crippen LogP contribution is 2.33. The van der Waals surface area contributed by atoms with Crippen molar-refractivity contribution in [3.05, 3.63) is 34.9 Å². The lowest BCUT2D eigenvalue weighted by atomic mass is 9.80. The third kappa shape index (κ3) is 2.36. The Morgan fingerprint density at radius 2 is 1.94 bits per heavy atom. The van der Waals surface area contributed by atoms with Gasteiger partial charge in [-0.25, -0.2) is 0 Å². The molecule has 0 spiro atoms. The number of hydrogen-bond donors (Lipinski definition) is 2. The Balaban J connectivity index is 3.14. The normalized spacial score (nSPS) is 16.5. The maximum Gasteiger partial charge on any atom is 0.309 e. The van der Waals surface area contributed by atoms with Crippen LogP contribution in [0.2, 0.25) is 5.02 Å². The molecular formula is C12H15ClO3. The van der Waals surface area contributed by atoms with E-state index in [1.807, 2.05) is 0 Å². The lowest BCUT2D eigenvalue weighted by Gasteiger charge is -2.31. The van der Waals surface area contributed by atoms with Crippen LogP contribution in [0.3, 0.4) is 0 Å². The van der Waals surface area contributed by atoms with E-state index in [2.05, 4.69) is 0 Å². The number of rotatable bonds is 4. The van der Waals surface area contributed by atoms with Crippen LogP contribution >= 0.6 is 11.6 Å². The zero-order chi connectivity index (χ0) is 12.3. The lowest BCUT2D eigenvalue weighted by molar-refractivity contribution is -0.152. The fourth-order valence-corrected chi connectivity index (χ4v) is 1.83. The second-order valence-electron chi connectivity index (χ2n) is 3.84. The predicted octanol–water partition coefficient (Wildman–Crippen LogP) is 2.66. The van der Waals surface area contributed by atoms with Crippen molar-refractivity contribution in [3.8, 4) is 0 Å². The SMILES string of the molecule is CCC(O)(c1ccc(Cl)cc1)C(C)C(=O)O. The van der Waals surface area contributed by atoms with Crippen molar-refractivity contribution in [2.75, 3.05) is 0 Å². The minimum absolute atomic E-state index is 0.335. The molecule has 0 aromatic heterocycles. The fraction of sp³-hybridized carbons (Fsp3) is 0.417. The summed E-state index contributed by atoms with van der Waals surface area (Å²) in [5.74, 6) is -1.88. The largest absolute Gasteiger partial charge is 0.481 e. The molecule has 2 unspecified atom stereocenters. The number of carboxylic acids is 1. The lowest BCUT2D eigenvalue weighted by Crippen LogP contribution is -2.37. The average Bonchev–Trinajstić information content (AvgIpc) is 2.27. The molecular weight excluding hydrogens is 228 g/mol. The quantitative estimate of drug-likeness (QED) is 0.854. The third-order valence-corrected chi connectivity index (χ3v) is 3.22. The summed E-state index contributed by atoms with van der Waals surface area (Å²) in [5.41, 5.74) is -0.773. The van der Waals surface area contributed by atoms with E-state index in [1.54, 1.807) is 31.2 Å². The van der Waals surface area contributed by atoms with Crippen molar-refractivity contribution in [1.29, 1.82) is 0 Å². The second kappa shape index (κ2) is 4.85. The molecule has 0 bridgehead atoms. The summed E-state index contributed by atoms with van der Waals surface area (Å²) in [6.45, 7) is 3.26. The Morgan fingerprint density at radius 3 is 2.31 bits per heavy atom. The van der Waals surface area contributed by atoms with Crippen molar-refractivity contribution in [3.63, 3.8) is 0 Å². The first-order valence-electron chi connectivity index (χ1n) is 5.13. The summed E-state index contributed by atoms with van der Waals surface area (Å²) in [6.07, 6.45) is 0.335. The van der Waals surface area contributed by atoms with Crippen LogP contribution in [0.25, 0.3) is 0 Å². The molecule has 3 nitrogen and oxygen atoms in total. The topological polar surface area (TPSA) is 57.5 Å². The smallest absolute Gasteiger partial charge is 0.309 e.